The van der Waals surface area contributed by atoms with E-state index in [1.54, 1.807) is 25.5 Å². The summed E-state index contributed by atoms with van der Waals surface area (Å²) in [6.07, 6.45) is -53.1. The lowest BCUT2D eigenvalue weighted by atomic mass is 9.12. The van der Waals surface area contributed by atoms with Gasteiger partial charge in [0, 0.05) is 11.1 Å². The van der Waals surface area contributed by atoms with Crippen molar-refractivity contribution in [3.05, 3.63) is 183 Å². The Morgan fingerprint density at radius 3 is 0.859 bits per heavy atom. The van der Waals surface area contributed by atoms with Gasteiger partial charge in [-0.05, 0) is 36.4 Å². The van der Waals surface area contributed by atoms with Gasteiger partial charge in [0.05, 0.1) is 61.6 Å². The van der Waals surface area contributed by atoms with Crippen LogP contribution in [0, 0.1) is 0 Å². The second-order valence-electron chi connectivity index (χ2n) is 17.3. The van der Waals surface area contributed by atoms with Crippen LogP contribution < -0.4 is 26.6 Å². The average Bonchev–Trinajstić information content (AvgIpc) is 3.29. The first-order valence-electron chi connectivity index (χ1n) is 21.3. The van der Waals surface area contributed by atoms with E-state index in [2.05, 4.69) is 0 Å². The Morgan fingerprint density at radius 2 is 0.641 bits per heavy atom. The molecule has 0 aromatic heterocycles. The van der Waals surface area contributed by atoms with E-state index in [1.165, 1.54) is 0 Å². The lowest BCUT2D eigenvalue weighted by Crippen LogP contribution is -2.75. The van der Waals surface area contributed by atoms with Crippen molar-refractivity contribution in [3.8, 4) is 5.75 Å². The van der Waals surface area contributed by atoms with Crippen molar-refractivity contribution in [1.82, 2.24) is 0 Å². The summed E-state index contributed by atoms with van der Waals surface area (Å²) in [5, 5.41) is 0. The summed E-state index contributed by atoms with van der Waals surface area (Å²) in [5.74, 6) is 1.16. The monoisotopic (exact) mass is 1170 g/mol. The van der Waals surface area contributed by atoms with Gasteiger partial charge in [-0.2, -0.15) is 127 Å². The molecule has 3 nitrogen and oxygen atoms in total. The maximum Gasteiger partial charge on any atom is 0.416 e. The topological polar surface area (TPSA) is 43.4 Å². The molecule has 0 fully saturated rings. The van der Waals surface area contributed by atoms with Gasteiger partial charge >= 0.3 is 49.4 Å². The van der Waals surface area contributed by atoms with Crippen molar-refractivity contribution in [2.24, 2.45) is 0 Å². The molecule has 78 heavy (non-hydrogen) atoms. The third kappa shape index (κ3) is 14.9. The summed E-state index contributed by atoms with van der Waals surface area (Å²) in [5.41, 5.74) is -28.6. The number of carbonyl (C=O) groups excluding carboxylic acids is 1. The quantitative estimate of drug-likeness (QED) is 0.0594. The molecule has 0 spiro atoms. The smallest absolute Gasteiger partial charge is 0.416 e. The molecule has 6 rings (SSSR count). The van der Waals surface area contributed by atoms with Crippen LogP contribution in [0.3, 0.4) is 0 Å². The molecule has 0 amide bonds. The van der Waals surface area contributed by atoms with Crippen LogP contribution in [0.15, 0.2) is 127 Å². The zero-order valence-electron chi connectivity index (χ0n) is 38.8. The molecule has 0 bridgehead atoms. The molecule has 1 unspecified atom stereocenters. The number of hydrogen-bond donors (Lipinski definition) is 0. The van der Waals surface area contributed by atoms with E-state index >= 15 is 0 Å². The second-order valence-corrected chi connectivity index (χ2v) is 20.3. The summed E-state index contributed by atoms with van der Waals surface area (Å²) in [6.45, 7) is 0. The number of carbonyl (C=O) groups is 1. The molecule has 0 saturated heterocycles. The van der Waals surface area contributed by atoms with Crippen LogP contribution in [0.1, 0.15) is 60.4 Å². The summed E-state index contributed by atoms with van der Waals surface area (Å²) in [4.78, 5) is 12.2. The molecule has 29 heteroatoms. The molecule has 6 aromatic carbocycles. The highest BCUT2D eigenvalue weighted by atomic mass is 32.2. The van der Waals surface area contributed by atoms with Gasteiger partial charge in [-0.15, -0.1) is 4.21 Å². The fourth-order valence-corrected chi connectivity index (χ4v) is 9.90. The number of Topliss-reactive ketones (excluding diaryl/α,β-unsaturated/α-hetero) is 1. The normalized spacial score (nSPS) is 14.1. The highest BCUT2D eigenvalue weighted by Crippen LogP contribution is 2.41. The van der Waals surface area contributed by atoms with Crippen LogP contribution in [0.5, 0.6) is 5.75 Å². The first kappa shape index (κ1) is 62.2. The van der Waals surface area contributed by atoms with E-state index in [-0.39, 0.29) is 11.5 Å². The molecular weight excluding hydrogens is 1140 g/mol. The maximum absolute atomic E-state index is 14.2. The number of halogens is 24. The minimum atomic E-state index is -6.13. The summed E-state index contributed by atoms with van der Waals surface area (Å²) >= 11 is 0. The van der Waals surface area contributed by atoms with E-state index in [1.807, 2.05) is 42.5 Å². The SMILES string of the molecule is COc1ccc(C[S+](C)(=O)CC(=O)c2ccccc2)cc1.FC(F)(F)c1cc([B-](c2cc(C(F)(F)F)cc(C(F)(F)F)c2)(c2cc(C(F)(F)F)cc(C(F)(F)F)c2)c2cc(C(F)(F)F)cc(C(F)(F)F)c2)cc(C(F)(F)F)c1. The third-order valence-corrected chi connectivity index (χ3v) is 13.4. The standard InChI is InChI=1S/C32H12BF24.C17H19O3S/c34-25(35,36)13-1-14(26(37,38)39)6-21(5-13)33(22-7-15(27(40,41)42)2-16(8-22)28(43,44)45,23-9-17(29(46,47)48)3-18(10-23)30(49,50)51)24-11-19(31(52,53)54)4-20(12-24)32(55,56)57;1-20-16-10-8-14(9-11-16)12-21(2,19)13-17(18)15-6-4-3-5-7-15/h1-12H;3-11H,12-13H2,1-2H3/q-1;+1. The van der Waals surface area contributed by atoms with Gasteiger partial charge in [0.15, 0.2) is 5.75 Å². The van der Waals surface area contributed by atoms with Gasteiger partial charge < -0.3 is 4.74 Å². The Balaban J connectivity index is 0.000000443. The number of rotatable bonds is 10. The Kier molecular flexibility index (Phi) is 17.2. The van der Waals surface area contributed by atoms with Crippen LogP contribution in [0.25, 0.3) is 0 Å². The number of ether oxygens (including phenoxy) is 1. The summed E-state index contributed by atoms with van der Waals surface area (Å²) in [6, 6.07) is 7.63. The zero-order chi connectivity index (χ0) is 59.2. The molecule has 0 N–H and O–H groups in total. The minimum absolute atomic E-state index is 0.0725. The summed E-state index contributed by atoms with van der Waals surface area (Å²) in [7, 11) is -0.634. The molecule has 0 heterocycles. The van der Waals surface area contributed by atoms with Crippen molar-refractivity contribution in [3.63, 3.8) is 0 Å². The van der Waals surface area contributed by atoms with E-state index < -0.39 is 205 Å². The predicted octanol–water partition coefficient (Wildman–Crippen LogP) is 14.4. The Labute approximate surface area is 425 Å². The molecule has 0 aliphatic carbocycles. The van der Waals surface area contributed by atoms with Crippen molar-refractivity contribution < 1.29 is 119 Å². The first-order chi connectivity index (χ1) is 35.3. The van der Waals surface area contributed by atoms with Crippen LogP contribution >= 0.6 is 0 Å². The van der Waals surface area contributed by atoms with Gasteiger partial charge in [0.25, 0.3) is 0 Å². The Hall–Kier alpha value is -6.68. The zero-order valence-corrected chi connectivity index (χ0v) is 39.6. The largest absolute Gasteiger partial charge is 0.497 e. The molecule has 0 aliphatic rings. The number of alkyl halides is 24. The van der Waals surface area contributed by atoms with Crippen molar-refractivity contribution in [2.75, 3.05) is 19.1 Å². The maximum atomic E-state index is 14.2. The first-order valence-corrected chi connectivity index (χ1v) is 23.6. The molecule has 6 aromatic rings. The fraction of sp³-hybridized carbons (Fsp3) is 0.245. The number of methoxy groups -OCH3 is 1. The second kappa shape index (κ2) is 21.5. The summed E-state index contributed by atoms with van der Waals surface area (Å²) < 4.78 is 359. The number of benzene rings is 6. The van der Waals surface area contributed by atoms with Crippen LogP contribution in [0.2, 0.25) is 0 Å². The van der Waals surface area contributed by atoms with E-state index in [4.69, 9.17) is 4.74 Å². The van der Waals surface area contributed by atoms with E-state index in [9.17, 15) is 114 Å². The predicted molar refractivity (Wildman–Crippen MR) is 236 cm³/mol. The molecule has 422 valence electrons. The highest BCUT2D eigenvalue weighted by molar-refractivity contribution is 8.02. The van der Waals surface area contributed by atoms with Gasteiger partial charge in [-0.1, -0.05) is 91.0 Å². The van der Waals surface area contributed by atoms with Gasteiger partial charge in [-0.25, -0.2) is 0 Å². The molecule has 0 radical (unpaired) electrons. The van der Waals surface area contributed by atoms with E-state index in [0.717, 1.165) is 11.3 Å². The third-order valence-electron chi connectivity index (χ3n) is 11.6. The van der Waals surface area contributed by atoms with Gasteiger partial charge in [0.2, 0.25) is 5.78 Å². The lowest BCUT2D eigenvalue weighted by Gasteiger charge is -2.46. The molecule has 0 aliphatic heterocycles. The average molecular weight is 1170 g/mol. The van der Waals surface area contributed by atoms with Crippen molar-refractivity contribution in [2.45, 2.75) is 55.2 Å². The lowest BCUT2D eigenvalue weighted by molar-refractivity contribution is -0.144. The van der Waals surface area contributed by atoms with Crippen LogP contribution in [-0.2, 0) is 69.3 Å². The minimum Gasteiger partial charge on any atom is -0.497 e. The molecule has 1 atom stereocenters. The van der Waals surface area contributed by atoms with Gasteiger partial charge in [0.1, 0.15) is 23.9 Å². The highest BCUT2D eigenvalue weighted by Gasteiger charge is 2.47. The van der Waals surface area contributed by atoms with Crippen molar-refractivity contribution >= 4 is 43.7 Å². The Morgan fingerprint density at radius 1 is 0.397 bits per heavy atom. The number of ketones is 1. The molecule has 0 saturated carbocycles. The fourth-order valence-electron chi connectivity index (χ4n) is 8.18. The Bertz CT molecular complexity index is 2730. The van der Waals surface area contributed by atoms with Gasteiger partial charge in [-0.3, -0.25) is 4.79 Å². The molecular formula is C49H31BF24O3S. The van der Waals surface area contributed by atoms with Crippen LogP contribution in [0.4, 0.5) is 105 Å². The number of hydrogen-bond acceptors (Lipinski definition) is 3. The van der Waals surface area contributed by atoms with Crippen molar-refractivity contribution in [1.29, 1.82) is 0 Å². The van der Waals surface area contributed by atoms with E-state index in [0.29, 0.717) is 11.3 Å². The van der Waals surface area contributed by atoms with Crippen LogP contribution in [-0.4, -0.2) is 31.0 Å².